The Hall–Kier alpha value is -1.000. The molecule has 4 heteroatoms. The van der Waals surface area contributed by atoms with Crippen LogP contribution in [0.5, 0.6) is 0 Å². The van der Waals surface area contributed by atoms with Crippen molar-refractivity contribution in [2.45, 2.75) is 37.5 Å². The first-order chi connectivity index (χ1) is 9.03. The van der Waals surface area contributed by atoms with Crippen LogP contribution in [0.15, 0.2) is 24.3 Å². The maximum absolute atomic E-state index is 12.1. The third kappa shape index (κ3) is 3.31. The molecule has 0 aliphatic carbocycles. The van der Waals surface area contributed by atoms with Gasteiger partial charge >= 0.3 is 0 Å². The van der Waals surface area contributed by atoms with Gasteiger partial charge in [0.25, 0.3) is 0 Å². The van der Waals surface area contributed by atoms with Crippen LogP contribution >= 0.6 is 11.8 Å². The Morgan fingerprint density at radius 2 is 2.26 bits per heavy atom. The van der Waals surface area contributed by atoms with Crippen molar-refractivity contribution in [3.63, 3.8) is 0 Å². The lowest BCUT2D eigenvalue weighted by molar-refractivity contribution is -0.123. The molecule has 1 heterocycles. The molecule has 1 fully saturated rings. The molecular formula is C15H21NO2S. The quantitative estimate of drug-likeness (QED) is 0.890. The van der Waals surface area contributed by atoms with Crippen LogP contribution in [0, 0.1) is 6.92 Å². The summed E-state index contributed by atoms with van der Waals surface area (Å²) in [5.41, 5.74) is 1.93. The number of rotatable bonds is 4. The van der Waals surface area contributed by atoms with Gasteiger partial charge in [0.2, 0.25) is 5.91 Å². The number of carbonyl (C=O) groups is 1. The molecule has 2 atom stereocenters. The number of aliphatic hydroxyl groups is 1. The van der Waals surface area contributed by atoms with Gasteiger partial charge < -0.3 is 10.4 Å². The van der Waals surface area contributed by atoms with Gasteiger partial charge in [0.05, 0.1) is 10.9 Å². The monoisotopic (exact) mass is 279 g/mol. The van der Waals surface area contributed by atoms with Crippen molar-refractivity contribution in [1.82, 2.24) is 5.32 Å². The minimum atomic E-state index is -0.639. The predicted octanol–water partition coefficient (Wildman–Crippen LogP) is 2.43. The minimum absolute atomic E-state index is 0.0441. The number of nitrogens with one attached hydrogen (secondary N) is 1. The molecule has 3 nitrogen and oxygen atoms in total. The molecule has 1 amide bonds. The summed E-state index contributed by atoms with van der Waals surface area (Å²) >= 11 is 1.71. The Morgan fingerprint density at radius 3 is 2.89 bits per heavy atom. The zero-order valence-corrected chi connectivity index (χ0v) is 12.3. The summed E-state index contributed by atoms with van der Waals surface area (Å²) in [5.74, 6) is 1.09. The number of hydrogen-bond donors (Lipinski definition) is 2. The van der Waals surface area contributed by atoms with Crippen LogP contribution in [0.25, 0.3) is 0 Å². The Kier molecular flexibility index (Phi) is 4.53. The molecule has 1 saturated heterocycles. The third-order valence-electron chi connectivity index (χ3n) is 3.70. The highest BCUT2D eigenvalue weighted by atomic mass is 32.2. The lowest BCUT2D eigenvalue weighted by Crippen LogP contribution is -2.42. The molecule has 104 valence electrons. The molecule has 1 aliphatic rings. The molecular weight excluding hydrogens is 258 g/mol. The van der Waals surface area contributed by atoms with Crippen molar-refractivity contribution in [1.29, 1.82) is 0 Å². The van der Waals surface area contributed by atoms with Crippen LogP contribution in [-0.4, -0.2) is 28.1 Å². The molecule has 0 bridgehead atoms. The number of amides is 1. The molecule has 0 radical (unpaired) electrons. The number of hydrogen-bond acceptors (Lipinski definition) is 3. The van der Waals surface area contributed by atoms with Crippen LogP contribution in [0.2, 0.25) is 0 Å². The highest BCUT2D eigenvalue weighted by molar-refractivity contribution is 8.01. The van der Waals surface area contributed by atoms with Crippen molar-refractivity contribution < 1.29 is 9.90 Å². The van der Waals surface area contributed by atoms with Gasteiger partial charge in [-0.1, -0.05) is 24.3 Å². The van der Waals surface area contributed by atoms with E-state index >= 15 is 0 Å². The van der Waals surface area contributed by atoms with Crippen LogP contribution in [0.4, 0.5) is 0 Å². The van der Waals surface area contributed by atoms with Crippen LogP contribution < -0.4 is 5.32 Å². The second kappa shape index (κ2) is 5.97. The molecule has 19 heavy (non-hydrogen) atoms. The van der Waals surface area contributed by atoms with Crippen molar-refractivity contribution in [3.05, 3.63) is 35.4 Å². The van der Waals surface area contributed by atoms with Gasteiger partial charge in [-0.15, -0.1) is 11.8 Å². The zero-order valence-electron chi connectivity index (χ0n) is 11.5. The highest BCUT2D eigenvalue weighted by Gasteiger charge is 2.37. The summed E-state index contributed by atoms with van der Waals surface area (Å²) in [7, 11) is 0. The standard InChI is InChI=1S/C15H21NO2S/c1-11-6-3-4-7-12(11)13(17)10-16-14(18)15(2)8-5-9-19-15/h3-4,6-7,13,17H,5,8-10H2,1-2H3,(H,16,18). The largest absolute Gasteiger partial charge is 0.387 e. The number of benzene rings is 1. The highest BCUT2D eigenvalue weighted by Crippen LogP contribution is 2.37. The van der Waals surface area contributed by atoms with E-state index in [1.165, 1.54) is 0 Å². The van der Waals surface area contributed by atoms with E-state index in [2.05, 4.69) is 5.32 Å². The van der Waals surface area contributed by atoms with Gasteiger partial charge in [0.1, 0.15) is 0 Å². The second-order valence-electron chi connectivity index (χ2n) is 5.27. The van der Waals surface area contributed by atoms with E-state index in [0.717, 1.165) is 29.7 Å². The van der Waals surface area contributed by atoms with Gasteiger partial charge in [-0.05, 0) is 43.6 Å². The third-order valence-corrected chi connectivity index (χ3v) is 5.22. The maximum Gasteiger partial charge on any atom is 0.236 e. The van der Waals surface area contributed by atoms with E-state index in [-0.39, 0.29) is 17.2 Å². The molecule has 1 aromatic carbocycles. The van der Waals surface area contributed by atoms with E-state index in [9.17, 15) is 9.90 Å². The lowest BCUT2D eigenvalue weighted by Gasteiger charge is -2.23. The smallest absolute Gasteiger partial charge is 0.236 e. The Morgan fingerprint density at radius 1 is 1.53 bits per heavy atom. The Labute approximate surface area is 118 Å². The average Bonchev–Trinajstić information content (AvgIpc) is 2.84. The summed E-state index contributed by atoms with van der Waals surface area (Å²) in [5, 5.41) is 13.0. The van der Waals surface area contributed by atoms with Crippen molar-refractivity contribution >= 4 is 17.7 Å². The summed E-state index contributed by atoms with van der Waals surface area (Å²) in [6, 6.07) is 7.72. The topological polar surface area (TPSA) is 49.3 Å². The summed E-state index contributed by atoms with van der Waals surface area (Å²) in [6.45, 7) is 4.23. The van der Waals surface area contributed by atoms with Gasteiger partial charge in [-0.25, -0.2) is 0 Å². The summed E-state index contributed by atoms with van der Waals surface area (Å²) < 4.78 is -0.314. The molecule has 0 aromatic heterocycles. The minimum Gasteiger partial charge on any atom is -0.387 e. The summed E-state index contributed by atoms with van der Waals surface area (Å²) in [4.78, 5) is 12.1. The summed E-state index contributed by atoms with van der Waals surface area (Å²) in [6.07, 6.45) is 1.37. The first kappa shape index (κ1) is 14.4. The molecule has 2 unspecified atom stereocenters. The average molecular weight is 279 g/mol. The second-order valence-corrected chi connectivity index (χ2v) is 6.86. The van der Waals surface area contributed by atoms with Crippen LogP contribution in [0.1, 0.15) is 37.0 Å². The molecule has 0 saturated carbocycles. The van der Waals surface area contributed by atoms with Gasteiger partial charge in [-0.2, -0.15) is 0 Å². The molecule has 2 N–H and O–H groups in total. The van der Waals surface area contributed by atoms with Crippen LogP contribution in [0.3, 0.4) is 0 Å². The predicted molar refractivity (Wildman–Crippen MR) is 79.2 cm³/mol. The van der Waals surface area contributed by atoms with Gasteiger partial charge in [0.15, 0.2) is 0 Å². The fraction of sp³-hybridized carbons (Fsp3) is 0.533. The molecule has 1 aromatic rings. The molecule has 2 rings (SSSR count). The van der Waals surface area contributed by atoms with E-state index in [0.29, 0.717) is 0 Å². The van der Waals surface area contributed by atoms with Crippen LogP contribution in [-0.2, 0) is 4.79 Å². The molecule has 1 aliphatic heterocycles. The Bertz CT molecular complexity index is 455. The van der Waals surface area contributed by atoms with E-state index in [4.69, 9.17) is 0 Å². The first-order valence-corrected chi connectivity index (χ1v) is 7.67. The maximum atomic E-state index is 12.1. The van der Waals surface area contributed by atoms with Crippen molar-refractivity contribution in [2.24, 2.45) is 0 Å². The fourth-order valence-corrected chi connectivity index (χ4v) is 3.64. The fourth-order valence-electron chi connectivity index (χ4n) is 2.41. The number of carbonyl (C=O) groups excluding carboxylic acids is 1. The van der Waals surface area contributed by atoms with E-state index in [1.54, 1.807) is 11.8 Å². The van der Waals surface area contributed by atoms with Crippen molar-refractivity contribution in [3.8, 4) is 0 Å². The van der Waals surface area contributed by atoms with Gasteiger partial charge in [0, 0.05) is 6.54 Å². The number of aliphatic hydroxyl groups excluding tert-OH is 1. The normalized spacial score (nSPS) is 24.2. The Balaban J connectivity index is 1.92. The number of aryl methyl sites for hydroxylation is 1. The first-order valence-electron chi connectivity index (χ1n) is 6.69. The molecule has 0 spiro atoms. The van der Waals surface area contributed by atoms with E-state index < -0.39 is 6.10 Å². The van der Waals surface area contributed by atoms with Crippen molar-refractivity contribution in [2.75, 3.05) is 12.3 Å². The number of thioether (sulfide) groups is 1. The van der Waals surface area contributed by atoms with Gasteiger partial charge in [-0.3, -0.25) is 4.79 Å². The zero-order chi connectivity index (χ0) is 13.9. The van der Waals surface area contributed by atoms with E-state index in [1.807, 2.05) is 38.1 Å². The lowest BCUT2D eigenvalue weighted by atomic mass is 10.0. The SMILES string of the molecule is Cc1ccccc1C(O)CNC(=O)C1(C)CCCS1.